The first-order valence-electron chi connectivity index (χ1n) is 6.14. The second-order valence-corrected chi connectivity index (χ2v) is 5.34. The van der Waals surface area contributed by atoms with Gasteiger partial charge in [-0.25, -0.2) is 8.78 Å². The molecule has 0 amide bonds. The Hall–Kier alpha value is -0.960. The van der Waals surface area contributed by atoms with Crippen molar-refractivity contribution >= 4 is 0 Å². The molecule has 1 fully saturated rings. The summed E-state index contributed by atoms with van der Waals surface area (Å²) < 4.78 is 27.3. The highest BCUT2D eigenvalue weighted by Crippen LogP contribution is 2.47. The maximum atomic E-state index is 13.6. The molecular weight excluding hydrogens is 220 g/mol. The Morgan fingerprint density at radius 2 is 1.88 bits per heavy atom. The van der Waals surface area contributed by atoms with Crippen LogP contribution < -0.4 is 5.32 Å². The molecule has 0 aliphatic heterocycles. The SMILES string of the molecule is CNCC(C)(Cc1c(F)cccc1F)C1CC1. The van der Waals surface area contributed by atoms with Crippen LogP contribution in [0.25, 0.3) is 0 Å². The highest BCUT2D eigenvalue weighted by atomic mass is 19.1. The van der Waals surface area contributed by atoms with Crippen LogP contribution in [0.4, 0.5) is 8.78 Å². The molecule has 1 unspecified atom stereocenters. The first-order chi connectivity index (χ1) is 8.07. The minimum absolute atomic E-state index is 0.0439. The second-order valence-electron chi connectivity index (χ2n) is 5.34. The molecule has 1 saturated carbocycles. The van der Waals surface area contributed by atoms with E-state index >= 15 is 0 Å². The molecule has 3 heteroatoms. The topological polar surface area (TPSA) is 12.0 Å². The van der Waals surface area contributed by atoms with Crippen molar-refractivity contribution in [1.29, 1.82) is 0 Å². The minimum Gasteiger partial charge on any atom is -0.319 e. The van der Waals surface area contributed by atoms with Gasteiger partial charge in [0.2, 0.25) is 0 Å². The van der Waals surface area contributed by atoms with Crippen LogP contribution in [0, 0.1) is 23.0 Å². The number of benzene rings is 1. The van der Waals surface area contributed by atoms with Crippen molar-refractivity contribution in [1.82, 2.24) is 5.32 Å². The number of hydrogen-bond acceptors (Lipinski definition) is 1. The van der Waals surface area contributed by atoms with Crippen LogP contribution in [0.15, 0.2) is 18.2 Å². The Labute approximate surface area is 101 Å². The molecule has 1 aromatic rings. The second kappa shape index (κ2) is 4.73. The van der Waals surface area contributed by atoms with Crippen molar-refractivity contribution in [2.45, 2.75) is 26.2 Å². The Morgan fingerprint density at radius 1 is 1.29 bits per heavy atom. The molecule has 1 aliphatic carbocycles. The molecule has 0 spiro atoms. The number of halogens is 2. The van der Waals surface area contributed by atoms with Crippen LogP contribution in [0.2, 0.25) is 0 Å². The molecule has 0 aromatic heterocycles. The summed E-state index contributed by atoms with van der Waals surface area (Å²) >= 11 is 0. The van der Waals surface area contributed by atoms with E-state index in [1.54, 1.807) is 0 Å². The first-order valence-corrected chi connectivity index (χ1v) is 6.14. The third-order valence-electron chi connectivity index (χ3n) is 3.79. The van der Waals surface area contributed by atoms with Gasteiger partial charge in [0.15, 0.2) is 0 Å². The summed E-state index contributed by atoms with van der Waals surface area (Å²) in [5.41, 5.74) is 0.190. The Morgan fingerprint density at radius 3 is 2.35 bits per heavy atom. The molecule has 1 atom stereocenters. The van der Waals surface area contributed by atoms with Crippen LogP contribution >= 0.6 is 0 Å². The lowest BCUT2D eigenvalue weighted by Crippen LogP contribution is -2.34. The summed E-state index contributed by atoms with van der Waals surface area (Å²) in [5, 5.41) is 3.14. The molecule has 0 radical (unpaired) electrons. The van der Waals surface area contributed by atoms with Crippen molar-refractivity contribution in [2.24, 2.45) is 11.3 Å². The van der Waals surface area contributed by atoms with Crippen LogP contribution in [-0.4, -0.2) is 13.6 Å². The molecule has 2 rings (SSSR count). The summed E-state index contributed by atoms with van der Waals surface area (Å²) in [5.74, 6) is -0.255. The Balaban J connectivity index is 2.23. The van der Waals surface area contributed by atoms with E-state index in [2.05, 4.69) is 12.2 Å². The standard InChI is InChI=1S/C14H19F2N/c1-14(9-17-2,10-6-7-10)8-11-12(15)4-3-5-13(11)16/h3-5,10,17H,6-9H2,1-2H3. The number of rotatable bonds is 5. The monoisotopic (exact) mass is 239 g/mol. The molecule has 0 heterocycles. The fraction of sp³-hybridized carbons (Fsp3) is 0.571. The zero-order valence-electron chi connectivity index (χ0n) is 10.4. The Kier molecular flexibility index (Phi) is 3.48. The summed E-state index contributed by atoms with van der Waals surface area (Å²) in [6.45, 7) is 2.92. The Bertz CT molecular complexity index is 381. The van der Waals surface area contributed by atoms with Crippen molar-refractivity contribution in [2.75, 3.05) is 13.6 Å². The normalized spacial score (nSPS) is 19.1. The third-order valence-corrected chi connectivity index (χ3v) is 3.79. The predicted octanol–water partition coefficient (Wildman–Crippen LogP) is 3.14. The quantitative estimate of drug-likeness (QED) is 0.832. The number of hydrogen-bond donors (Lipinski definition) is 1. The molecule has 1 aromatic carbocycles. The average Bonchev–Trinajstić information content (AvgIpc) is 3.08. The van der Waals surface area contributed by atoms with Crippen LogP contribution in [0.3, 0.4) is 0 Å². The van der Waals surface area contributed by atoms with Crippen molar-refractivity contribution in [3.05, 3.63) is 35.4 Å². The smallest absolute Gasteiger partial charge is 0.129 e. The van der Waals surface area contributed by atoms with Gasteiger partial charge in [-0.05, 0) is 49.8 Å². The fourth-order valence-corrected chi connectivity index (χ4v) is 2.64. The largest absolute Gasteiger partial charge is 0.319 e. The first kappa shape index (κ1) is 12.5. The summed E-state index contributed by atoms with van der Waals surface area (Å²) in [4.78, 5) is 0. The lowest BCUT2D eigenvalue weighted by molar-refractivity contribution is 0.256. The van der Waals surface area contributed by atoms with E-state index in [1.807, 2.05) is 7.05 Å². The van der Waals surface area contributed by atoms with Crippen LogP contribution in [0.5, 0.6) is 0 Å². The van der Waals surface area contributed by atoms with Gasteiger partial charge in [0, 0.05) is 12.1 Å². The molecule has 1 nitrogen and oxygen atoms in total. The maximum Gasteiger partial charge on any atom is 0.129 e. The van der Waals surface area contributed by atoms with Gasteiger partial charge in [-0.2, -0.15) is 0 Å². The van der Waals surface area contributed by atoms with E-state index in [4.69, 9.17) is 0 Å². The third kappa shape index (κ3) is 2.65. The van der Waals surface area contributed by atoms with E-state index in [1.165, 1.54) is 31.0 Å². The molecule has 0 saturated heterocycles. The minimum atomic E-state index is -0.423. The van der Waals surface area contributed by atoms with E-state index in [9.17, 15) is 8.78 Å². The van der Waals surface area contributed by atoms with E-state index in [-0.39, 0.29) is 11.0 Å². The van der Waals surface area contributed by atoms with E-state index < -0.39 is 11.6 Å². The maximum absolute atomic E-state index is 13.6. The van der Waals surface area contributed by atoms with E-state index in [0.29, 0.717) is 12.3 Å². The zero-order chi connectivity index (χ0) is 12.5. The molecule has 17 heavy (non-hydrogen) atoms. The van der Waals surface area contributed by atoms with Crippen molar-refractivity contribution in [3.63, 3.8) is 0 Å². The van der Waals surface area contributed by atoms with Gasteiger partial charge in [0.05, 0.1) is 0 Å². The van der Waals surface area contributed by atoms with Gasteiger partial charge in [-0.15, -0.1) is 0 Å². The average molecular weight is 239 g/mol. The van der Waals surface area contributed by atoms with Crippen molar-refractivity contribution < 1.29 is 8.78 Å². The molecule has 1 aliphatic rings. The molecule has 0 bridgehead atoms. The van der Waals surface area contributed by atoms with Gasteiger partial charge in [0.25, 0.3) is 0 Å². The highest BCUT2D eigenvalue weighted by molar-refractivity contribution is 5.22. The van der Waals surface area contributed by atoms with Crippen LogP contribution in [0.1, 0.15) is 25.3 Å². The molecular formula is C14H19F2N. The lowest BCUT2D eigenvalue weighted by Gasteiger charge is -2.30. The van der Waals surface area contributed by atoms with E-state index in [0.717, 1.165) is 6.54 Å². The highest BCUT2D eigenvalue weighted by Gasteiger charge is 2.41. The summed E-state index contributed by atoms with van der Waals surface area (Å²) in [6, 6.07) is 4.09. The predicted molar refractivity (Wildman–Crippen MR) is 64.8 cm³/mol. The molecule has 1 N–H and O–H groups in total. The summed E-state index contributed by atoms with van der Waals surface area (Å²) in [7, 11) is 1.89. The number of nitrogens with one attached hydrogen (secondary N) is 1. The van der Waals surface area contributed by atoms with Gasteiger partial charge < -0.3 is 5.32 Å². The van der Waals surface area contributed by atoms with Gasteiger partial charge in [0.1, 0.15) is 11.6 Å². The van der Waals surface area contributed by atoms with Gasteiger partial charge in [-0.3, -0.25) is 0 Å². The van der Waals surface area contributed by atoms with Gasteiger partial charge >= 0.3 is 0 Å². The van der Waals surface area contributed by atoms with Gasteiger partial charge in [-0.1, -0.05) is 13.0 Å². The zero-order valence-corrected chi connectivity index (χ0v) is 10.4. The van der Waals surface area contributed by atoms with Crippen molar-refractivity contribution in [3.8, 4) is 0 Å². The van der Waals surface area contributed by atoms with Crippen LogP contribution in [-0.2, 0) is 6.42 Å². The summed E-state index contributed by atoms with van der Waals surface area (Å²) in [6.07, 6.45) is 2.82. The lowest BCUT2D eigenvalue weighted by atomic mass is 9.78. The molecule has 94 valence electrons. The fourth-order valence-electron chi connectivity index (χ4n) is 2.64.